The maximum absolute atomic E-state index is 13.1. The summed E-state index contributed by atoms with van der Waals surface area (Å²) in [6, 6.07) is 12.2. The van der Waals surface area contributed by atoms with Gasteiger partial charge in [-0.05, 0) is 55.3 Å². The molecule has 1 aromatic heterocycles. The highest BCUT2D eigenvalue weighted by atomic mass is 32.1. The summed E-state index contributed by atoms with van der Waals surface area (Å²) in [5.41, 5.74) is 7.33. The standard InChI is InChI=1S/C26H27NO5S/c1-4-7-17(8-5-2)15-32-26(29)24-20(23-21(30-3)9-6-10-22(23)33-24)16-31-19-13-11-18(12-14-19)25(27)28/h4,6-14H,5,15-16H2,1-3H3,(H2,27,28)/b7-4-,17-8+. The summed E-state index contributed by atoms with van der Waals surface area (Å²) in [7, 11) is 1.59. The zero-order valence-electron chi connectivity index (χ0n) is 18.9. The summed E-state index contributed by atoms with van der Waals surface area (Å²) in [5.74, 6) is 0.294. The Hall–Kier alpha value is -3.58. The third-order valence-electron chi connectivity index (χ3n) is 4.92. The van der Waals surface area contributed by atoms with Crippen molar-refractivity contribution in [3.8, 4) is 11.5 Å². The van der Waals surface area contributed by atoms with Crippen molar-refractivity contribution in [1.29, 1.82) is 0 Å². The van der Waals surface area contributed by atoms with Crippen LogP contribution in [0.4, 0.5) is 0 Å². The van der Waals surface area contributed by atoms with Crippen molar-refractivity contribution < 1.29 is 23.8 Å². The highest BCUT2D eigenvalue weighted by molar-refractivity contribution is 7.21. The number of carbonyl (C=O) groups excluding carboxylic acids is 2. The van der Waals surface area contributed by atoms with E-state index in [0.717, 1.165) is 22.1 Å². The van der Waals surface area contributed by atoms with Gasteiger partial charge in [0, 0.05) is 21.2 Å². The minimum absolute atomic E-state index is 0.132. The fourth-order valence-corrected chi connectivity index (χ4v) is 4.51. The van der Waals surface area contributed by atoms with Gasteiger partial charge in [-0.25, -0.2) is 4.79 Å². The van der Waals surface area contributed by atoms with Gasteiger partial charge in [-0.15, -0.1) is 11.3 Å². The number of nitrogens with two attached hydrogens (primary N) is 1. The Morgan fingerprint density at radius 3 is 2.52 bits per heavy atom. The number of allylic oxidation sites excluding steroid dienone is 2. The highest BCUT2D eigenvalue weighted by Crippen LogP contribution is 2.38. The zero-order chi connectivity index (χ0) is 23.8. The van der Waals surface area contributed by atoms with E-state index in [-0.39, 0.29) is 13.2 Å². The monoisotopic (exact) mass is 465 g/mol. The van der Waals surface area contributed by atoms with Crippen LogP contribution in [0.2, 0.25) is 0 Å². The van der Waals surface area contributed by atoms with Gasteiger partial charge in [0.15, 0.2) is 0 Å². The van der Waals surface area contributed by atoms with Gasteiger partial charge in [0.25, 0.3) is 0 Å². The quantitative estimate of drug-likeness (QED) is 0.308. The smallest absolute Gasteiger partial charge is 0.349 e. The molecule has 33 heavy (non-hydrogen) atoms. The fourth-order valence-electron chi connectivity index (χ4n) is 3.39. The number of thiophene rings is 1. The van der Waals surface area contributed by atoms with Crippen LogP contribution in [0.1, 0.15) is 45.9 Å². The number of benzene rings is 2. The Labute approximate surface area is 197 Å². The van der Waals surface area contributed by atoms with Crippen molar-refractivity contribution in [3.63, 3.8) is 0 Å². The molecule has 2 N–H and O–H groups in total. The van der Waals surface area contributed by atoms with Gasteiger partial charge in [0.2, 0.25) is 5.91 Å². The van der Waals surface area contributed by atoms with Crippen LogP contribution in [-0.2, 0) is 11.3 Å². The Balaban J connectivity index is 1.91. The van der Waals surface area contributed by atoms with Gasteiger partial charge in [-0.1, -0.05) is 31.2 Å². The molecule has 0 fully saturated rings. The Bertz CT molecular complexity index is 1190. The maximum atomic E-state index is 13.1. The second kappa shape index (κ2) is 11.3. The van der Waals surface area contributed by atoms with E-state index < -0.39 is 11.9 Å². The van der Waals surface area contributed by atoms with Gasteiger partial charge < -0.3 is 19.9 Å². The molecule has 7 heteroatoms. The van der Waals surface area contributed by atoms with Crippen LogP contribution in [0.5, 0.6) is 11.5 Å². The van der Waals surface area contributed by atoms with Gasteiger partial charge in [-0.2, -0.15) is 0 Å². The molecule has 0 atom stereocenters. The number of amides is 1. The molecule has 0 aliphatic carbocycles. The SMILES string of the molecule is C/C=C\C(=C/CC)COC(=O)c1sc2cccc(OC)c2c1COc1ccc(C(N)=O)cc1. The largest absolute Gasteiger partial charge is 0.496 e. The topological polar surface area (TPSA) is 87.8 Å². The van der Waals surface area contributed by atoms with Gasteiger partial charge in [0.05, 0.1) is 7.11 Å². The number of rotatable bonds is 10. The summed E-state index contributed by atoms with van der Waals surface area (Å²) in [4.78, 5) is 24.8. The molecule has 3 rings (SSSR count). The Morgan fingerprint density at radius 1 is 1.12 bits per heavy atom. The second-order valence-electron chi connectivity index (χ2n) is 7.18. The Kier molecular flexibility index (Phi) is 8.27. The molecule has 2 aromatic carbocycles. The third-order valence-corrected chi connectivity index (χ3v) is 6.10. The molecule has 0 aliphatic heterocycles. The van der Waals surface area contributed by atoms with Crippen molar-refractivity contribution in [2.24, 2.45) is 5.73 Å². The first-order valence-corrected chi connectivity index (χ1v) is 11.4. The van der Waals surface area contributed by atoms with Crippen molar-refractivity contribution >= 4 is 33.3 Å². The van der Waals surface area contributed by atoms with Crippen LogP contribution < -0.4 is 15.2 Å². The summed E-state index contributed by atoms with van der Waals surface area (Å²) in [5, 5.41) is 0.823. The number of esters is 1. The van der Waals surface area contributed by atoms with E-state index in [1.54, 1.807) is 31.4 Å². The first kappa shape index (κ1) is 24.1. The lowest BCUT2D eigenvalue weighted by Gasteiger charge is -2.10. The van der Waals surface area contributed by atoms with Crippen LogP contribution in [0.25, 0.3) is 10.1 Å². The fraction of sp³-hybridized carbons (Fsp3) is 0.231. The summed E-state index contributed by atoms with van der Waals surface area (Å²) < 4.78 is 18.0. The lowest BCUT2D eigenvalue weighted by atomic mass is 10.1. The van der Waals surface area contributed by atoms with Gasteiger partial charge in [0.1, 0.15) is 29.6 Å². The molecule has 0 bridgehead atoms. The molecule has 0 spiro atoms. The number of ether oxygens (including phenoxy) is 3. The number of fused-ring (bicyclic) bond motifs is 1. The molecule has 0 saturated heterocycles. The zero-order valence-corrected chi connectivity index (χ0v) is 19.7. The average Bonchev–Trinajstić information content (AvgIpc) is 3.20. The van der Waals surface area contributed by atoms with Crippen LogP contribution in [-0.4, -0.2) is 25.6 Å². The number of hydrogen-bond donors (Lipinski definition) is 1. The summed E-state index contributed by atoms with van der Waals surface area (Å²) >= 11 is 1.35. The van der Waals surface area contributed by atoms with Crippen LogP contribution in [0, 0.1) is 0 Å². The lowest BCUT2D eigenvalue weighted by molar-refractivity contribution is 0.0545. The molecule has 0 aliphatic rings. The van der Waals surface area contributed by atoms with Gasteiger partial charge in [-0.3, -0.25) is 4.79 Å². The first-order chi connectivity index (χ1) is 16.0. The first-order valence-electron chi connectivity index (χ1n) is 10.6. The van der Waals surface area contributed by atoms with E-state index in [9.17, 15) is 9.59 Å². The van der Waals surface area contributed by atoms with Crippen molar-refractivity contribution in [3.05, 3.63) is 82.3 Å². The number of methoxy groups -OCH3 is 1. The number of hydrogen-bond acceptors (Lipinski definition) is 6. The maximum Gasteiger partial charge on any atom is 0.349 e. The Morgan fingerprint density at radius 2 is 1.88 bits per heavy atom. The molecule has 0 unspecified atom stereocenters. The summed E-state index contributed by atoms with van der Waals surface area (Å²) in [6.45, 7) is 4.29. The van der Waals surface area contributed by atoms with Crippen molar-refractivity contribution in [2.45, 2.75) is 26.9 Å². The van der Waals surface area contributed by atoms with Crippen molar-refractivity contribution in [1.82, 2.24) is 0 Å². The van der Waals surface area contributed by atoms with E-state index in [0.29, 0.717) is 27.5 Å². The minimum Gasteiger partial charge on any atom is -0.496 e. The molecule has 1 heterocycles. The third kappa shape index (κ3) is 5.81. The van der Waals surface area contributed by atoms with E-state index in [1.165, 1.54) is 11.3 Å². The molecule has 6 nitrogen and oxygen atoms in total. The van der Waals surface area contributed by atoms with E-state index in [4.69, 9.17) is 19.9 Å². The summed E-state index contributed by atoms with van der Waals surface area (Å²) in [6.07, 6.45) is 6.73. The highest BCUT2D eigenvalue weighted by Gasteiger charge is 2.23. The van der Waals surface area contributed by atoms with E-state index in [1.807, 2.05) is 50.3 Å². The number of primary amides is 1. The van der Waals surface area contributed by atoms with Crippen LogP contribution >= 0.6 is 11.3 Å². The lowest BCUT2D eigenvalue weighted by Crippen LogP contribution is -2.11. The molecule has 0 radical (unpaired) electrons. The average molecular weight is 466 g/mol. The predicted octanol–water partition coefficient (Wildman–Crippen LogP) is 5.66. The molecule has 3 aromatic rings. The van der Waals surface area contributed by atoms with E-state index in [2.05, 4.69) is 0 Å². The van der Waals surface area contributed by atoms with E-state index >= 15 is 0 Å². The number of carbonyl (C=O) groups is 2. The minimum atomic E-state index is -0.505. The van der Waals surface area contributed by atoms with Crippen LogP contribution in [0.3, 0.4) is 0 Å². The molecule has 1 amide bonds. The normalized spacial score (nSPS) is 11.7. The molecular weight excluding hydrogens is 438 g/mol. The van der Waals surface area contributed by atoms with Crippen molar-refractivity contribution in [2.75, 3.05) is 13.7 Å². The predicted molar refractivity (Wildman–Crippen MR) is 131 cm³/mol. The second-order valence-corrected chi connectivity index (χ2v) is 8.24. The molecular formula is C26H27NO5S. The van der Waals surface area contributed by atoms with Gasteiger partial charge >= 0.3 is 5.97 Å². The molecule has 0 saturated carbocycles. The molecule has 172 valence electrons. The van der Waals surface area contributed by atoms with Crippen LogP contribution in [0.15, 0.2) is 66.3 Å².